The summed E-state index contributed by atoms with van der Waals surface area (Å²) in [4.78, 5) is 12.6. The highest BCUT2D eigenvalue weighted by atomic mass is 35.5. The Morgan fingerprint density at radius 2 is 1.85 bits per heavy atom. The Balaban J connectivity index is 1.69. The van der Waals surface area contributed by atoms with Gasteiger partial charge < -0.3 is 9.88 Å². The summed E-state index contributed by atoms with van der Waals surface area (Å²) in [5.74, 6) is 0.790. The molecule has 1 fully saturated rings. The number of aryl methyl sites for hydroxylation is 1. The Labute approximate surface area is 167 Å². The molecule has 1 heterocycles. The van der Waals surface area contributed by atoms with Crippen LogP contribution in [0.3, 0.4) is 0 Å². The lowest BCUT2D eigenvalue weighted by atomic mass is 9.95. The van der Waals surface area contributed by atoms with Crippen LogP contribution in [0.25, 0.3) is 0 Å². The lowest BCUT2D eigenvalue weighted by molar-refractivity contribution is -0.115. The Hall–Kier alpha value is -1.24. The van der Waals surface area contributed by atoms with Gasteiger partial charge in [-0.2, -0.15) is 0 Å². The molecule has 3 rings (SSSR count). The maximum Gasteiger partial charge on any atom is 0.237 e. The third kappa shape index (κ3) is 4.72. The number of thioether (sulfide) groups is 1. The minimum atomic E-state index is -0.321. The zero-order valence-corrected chi connectivity index (χ0v) is 17.2. The quantitative estimate of drug-likeness (QED) is 0.656. The average Bonchev–Trinajstić information content (AvgIpc) is 2.95. The number of hydrogen-bond acceptors (Lipinski definition) is 4. The first-order chi connectivity index (χ1) is 12.4. The highest BCUT2D eigenvalue weighted by Gasteiger charge is 2.24. The van der Waals surface area contributed by atoms with Crippen LogP contribution in [0.4, 0.5) is 5.69 Å². The number of nitrogens with zero attached hydrogens (tertiary/aromatic N) is 3. The summed E-state index contributed by atoms with van der Waals surface area (Å²) in [6, 6.07) is 5.42. The molecule has 1 atom stereocenters. The van der Waals surface area contributed by atoms with E-state index in [2.05, 4.69) is 20.1 Å². The predicted molar refractivity (Wildman–Crippen MR) is 107 cm³/mol. The third-order valence-corrected chi connectivity index (χ3v) is 6.05. The molecule has 140 valence electrons. The number of nitrogens with one attached hydrogen (secondary N) is 1. The SMILES string of the molecule is Cc1nnc(SC(C)C(=O)Nc2cc(Cl)cc(Cl)c2)n1C1CCCCC1. The maximum absolute atomic E-state index is 12.6. The van der Waals surface area contributed by atoms with Crippen LogP contribution in [0.2, 0.25) is 10.0 Å². The van der Waals surface area contributed by atoms with Gasteiger partial charge in [-0.05, 0) is 44.9 Å². The van der Waals surface area contributed by atoms with Crippen LogP contribution in [0.15, 0.2) is 23.4 Å². The number of carbonyl (C=O) groups excluding carboxylic acids is 1. The highest BCUT2D eigenvalue weighted by Crippen LogP contribution is 2.34. The van der Waals surface area contributed by atoms with Crippen molar-refractivity contribution in [2.75, 3.05) is 5.32 Å². The number of aromatic nitrogens is 3. The normalized spacial score (nSPS) is 16.5. The lowest BCUT2D eigenvalue weighted by Gasteiger charge is -2.25. The standard InChI is InChI=1S/C18H22Cl2N4OS/c1-11(17(25)21-15-9-13(19)8-14(20)10-15)26-18-23-22-12(2)24(18)16-6-4-3-5-7-16/h8-11,16H,3-7H2,1-2H3,(H,21,25). The van der Waals surface area contributed by atoms with E-state index in [1.54, 1.807) is 18.2 Å². The van der Waals surface area contributed by atoms with Crippen molar-refractivity contribution < 1.29 is 4.79 Å². The molecule has 2 aromatic rings. The van der Waals surface area contributed by atoms with Crippen LogP contribution in [0.1, 0.15) is 50.9 Å². The molecule has 26 heavy (non-hydrogen) atoms. The van der Waals surface area contributed by atoms with Crippen LogP contribution in [-0.2, 0) is 4.79 Å². The van der Waals surface area contributed by atoms with Crippen LogP contribution in [0.5, 0.6) is 0 Å². The molecule has 0 radical (unpaired) electrons. The zero-order chi connectivity index (χ0) is 18.7. The topological polar surface area (TPSA) is 59.8 Å². The van der Waals surface area contributed by atoms with E-state index in [4.69, 9.17) is 23.2 Å². The first-order valence-corrected chi connectivity index (χ1v) is 10.4. The predicted octanol–water partition coefficient (Wildman–Crippen LogP) is 5.52. The molecule has 0 bridgehead atoms. The molecule has 1 unspecified atom stereocenters. The summed E-state index contributed by atoms with van der Waals surface area (Å²) >= 11 is 13.4. The number of anilines is 1. The van der Waals surface area contributed by atoms with E-state index in [-0.39, 0.29) is 11.2 Å². The number of hydrogen-bond donors (Lipinski definition) is 1. The van der Waals surface area contributed by atoms with Gasteiger partial charge in [0.15, 0.2) is 5.16 Å². The minimum Gasteiger partial charge on any atom is -0.325 e. The van der Waals surface area contributed by atoms with E-state index in [0.717, 1.165) is 23.8 Å². The molecule has 1 amide bonds. The van der Waals surface area contributed by atoms with Crippen molar-refractivity contribution in [3.63, 3.8) is 0 Å². The first-order valence-electron chi connectivity index (χ1n) is 8.79. The zero-order valence-electron chi connectivity index (χ0n) is 14.8. The second kappa shape index (κ2) is 8.63. The second-order valence-corrected chi connectivity index (χ2v) is 8.78. The van der Waals surface area contributed by atoms with Crippen LogP contribution < -0.4 is 5.32 Å². The smallest absolute Gasteiger partial charge is 0.237 e. The molecule has 1 aromatic carbocycles. The van der Waals surface area contributed by atoms with Crippen molar-refractivity contribution in [3.05, 3.63) is 34.1 Å². The molecule has 0 aliphatic heterocycles. The summed E-state index contributed by atoms with van der Waals surface area (Å²) in [5.41, 5.74) is 0.588. The van der Waals surface area contributed by atoms with Crippen molar-refractivity contribution in [2.24, 2.45) is 0 Å². The van der Waals surface area contributed by atoms with E-state index < -0.39 is 0 Å². The summed E-state index contributed by atoms with van der Waals surface area (Å²) in [6.07, 6.45) is 6.05. The van der Waals surface area contributed by atoms with Gasteiger partial charge in [-0.15, -0.1) is 10.2 Å². The largest absolute Gasteiger partial charge is 0.325 e. The Kier molecular flexibility index (Phi) is 6.48. The fraction of sp³-hybridized carbons (Fsp3) is 0.500. The summed E-state index contributed by atoms with van der Waals surface area (Å²) in [6.45, 7) is 3.84. The lowest BCUT2D eigenvalue weighted by Crippen LogP contribution is -2.23. The number of carbonyl (C=O) groups is 1. The van der Waals surface area contributed by atoms with Crippen LogP contribution >= 0.6 is 35.0 Å². The first kappa shape index (κ1) is 19.5. The molecule has 1 aromatic heterocycles. The number of halogens is 2. The number of rotatable bonds is 5. The van der Waals surface area contributed by atoms with E-state index in [0.29, 0.717) is 21.8 Å². The monoisotopic (exact) mass is 412 g/mol. The molecule has 1 aliphatic carbocycles. The van der Waals surface area contributed by atoms with Crippen molar-refractivity contribution in [1.29, 1.82) is 0 Å². The Bertz CT molecular complexity index is 769. The van der Waals surface area contributed by atoms with Gasteiger partial charge in [-0.3, -0.25) is 4.79 Å². The van der Waals surface area contributed by atoms with Crippen LogP contribution in [-0.4, -0.2) is 25.9 Å². The Morgan fingerprint density at radius 1 is 1.19 bits per heavy atom. The molecule has 5 nitrogen and oxygen atoms in total. The Morgan fingerprint density at radius 3 is 2.50 bits per heavy atom. The summed E-state index contributed by atoms with van der Waals surface area (Å²) < 4.78 is 2.20. The van der Waals surface area contributed by atoms with Crippen molar-refractivity contribution in [3.8, 4) is 0 Å². The fourth-order valence-electron chi connectivity index (χ4n) is 3.27. The molecule has 1 aliphatic rings. The van der Waals surface area contributed by atoms with Gasteiger partial charge in [0, 0.05) is 21.8 Å². The van der Waals surface area contributed by atoms with Crippen LogP contribution in [0, 0.1) is 6.92 Å². The third-order valence-electron chi connectivity index (χ3n) is 4.56. The molecule has 1 N–H and O–H groups in total. The van der Waals surface area contributed by atoms with Gasteiger partial charge in [0.1, 0.15) is 5.82 Å². The highest BCUT2D eigenvalue weighted by molar-refractivity contribution is 8.00. The molecule has 1 saturated carbocycles. The second-order valence-electron chi connectivity index (χ2n) is 6.60. The van der Waals surface area contributed by atoms with E-state index in [1.807, 2.05) is 13.8 Å². The van der Waals surface area contributed by atoms with Crippen molar-refractivity contribution in [1.82, 2.24) is 14.8 Å². The van der Waals surface area contributed by atoms with E-state index in [9.17, 15) is 4.79 Å². The molecule has 0 saturated heterocycles. The van der Waals surface area contributed by atoms with E-state index in [1.165, 1.54) is 31.0 Å². The van der Waals surface area contributed by atoms with Crippen molar-refractivity contribution >= 4 is 46.6 Å². The van der Waals surface area contributed by atoms with Gasteiger partial charge in [0.2, 0.25) is 5.91 Å². The molecule has 0 spiro atoms. The summed E-state index contributed by atoms with van der Waals surface area (Å²) in [7, 11) is 0. The molecular formula is C18H22Cl2N4OS. The molecular weight excluding hydrogens is 391 g/mol. The summed E-state index contributed by atoms with van der Waals surface area (Å²) in [5, 5.41) is 12.9. The van der Waals surface area contributed by atoms with Gasteiger partial charge >= 0.3 is 0 Å². The van der Waals surface area contributed by atoms with Gasteiger partial charge in [0.25, 0.3) is 0 Å². The van der Waals surface area contributed by atoms with Crippen molar-refractivity contribution in [2.45, 2.75) is 62.4 Å². The average molecular weight is 413 g/mol. The number of benzene rings is 1. The van der Waals surface area contributed by atoms with Gasteiger partial charge in [0.05, 0.1) is 5.25 Å². The molecule has 8 heteroatoms. The van der Waals surface area contributed by atoms with Gasteiger partial charge in [-0.1, -0.05) is 54.2 Å². The number of amides is 1. The van der Waals surface area contributed by atoms with Gasteiger partial charge in [-0.25, -0.2) is 0 Å². The van der Waals surface area contributed by atoms with E-state index >= 15 is 0 Å². The maximum atomic E-state index is 12.6. The fourth-order valence-corrected chi connectivity index (χ4v) is 4.76. The minimum absolute atomic E-state index is 0.121.